The fourth-order valence-electron chi connectivity index (χ4n) is 15.4. The Bertz CT molecular complexity index is 4610. The summed E-state index contributed by atoms with van der Waals surface area (Å²) >= 11 is 0. The van der Waals surface area contributed by atoms with Crippen LogP contribution in [0.3, 0.4) is 0 Å². The topological polar surface area (TPSA) is 6.48 Å². The summed E-state index contributed by atoms with van der Waals surface area (Å²) in [6.45, 7) is 28.1. The SMILES string of the molecule is CC(C)c1cccc(C(C)C)c1-c1cccc(N2c3cc(-c4c(C(C)C)cccc4C(C)C)ccc3B3c4cc(-c5ccccc5)ccc4N(c4c(-c5ccccc5)cc(-c5ccccc5)cc4-c4ccccc4)c4cc(-c5c(C(C)C)cccc5C(C)C)cc2c43)c1. The predicted molar refractivity (Wildman–Crippen MR) is 403 cm³/mol. The molecule has 0 saturated heterocycles. The maximum atomic E-state index is 2.71. The molecule has 0 saturated carbocycles. The molecule has 3 heteroatoms. The summed E-state index contributed by atoms with van der Waals surface area (Å²) in [4.78, 5) is 5.41. The molecule has 458 valence electrons. The summed E-state index contributed by atoms with van der Waals surface area (Å²) in [7, 11) is 0. The first-order chi connectivity index (χ1) is 45.1. The minimum atomic E-state index is -0.171. The van der Waals surface area contributed by atoms with Gasteiger partial charge in [0.15, 0.2) is 0 Å². The Kier molecular flexibility index (Phi) is 16.4. The van der Waals surface area contributed by atoms with Crippen LogP contribution in [0.15, 0.2) is 261 Å². The van der Waals surface area contributed by atoms with Gasteiger partial charge in [0.2, 0.25) is 0 Å². The van der Waals surface area contributed by atoms with Crippen LogP contribution in [0.5, 0.6) is 0 Å². The highest BCUT2D eigenvalue weighted by molar-refractivity contribution is 7.00. The summed E-state index contributed by atoms with van der Waals surface area (Å²) in [6.07, 6.45) is 0. The molecule has 0 aromatic heterocycles. The van der Waals surface area contributed by atoms with E-state index in [0.717, 1.165) is 33.6 Å². The van der Waals surface area contributed by atoms with Crippen LogP contribution in [0.1, 0.15) is 152 Å². The summed E-state index contributed by atoms with van der Waals surface area (Å²) < 4.78 is 0. The number of fused-ring (bicyclic) bond motifs is 4. The van der Waals surface area contributed by atoms with E-state index in [-0.39, 0.29) is 18.5 Å². The maximum absolute atomic E-state index is 2.71. The second kappa shape index (κ2) is 25.1. The van der Waals surface area contributed by atoms with Crippen molar-refractivity contribution in [1.82, 2.24) is 0 Å². The average molecular weight is 1210 g/mol. The summed E-state index contributed by atoms with van der Waals surface area (Å²) in [6, 6.07) is 100. The van der Waals surface area contributed by atoms with Gasteiger partial charge in [-0.25, -0.2) is 0 Å². The second-order valence-electron chi connectivity index (χ2n) is 27.9. The molecule has 2 aliphatic rings. The van der Waals surface area contributed by atoms with Crippen molar-refractivity contribution in [3.63, 3.8) is 0 Å². The third kappa shape index (κ3) is 10.9. The molecule has 0 aliphatic carbocycles. The molecule has 0 radical (unpaired) electrons. The predicted octanol–water partition coefficient (Wildman–Crippen LogP) is 24.2. The first kappa shape index (κ1) is 60.8. The lowest BCUT2D eigenvalue weighted by atomic mass is 9.33. The maximum Gasteiger partial charge on any atom is 0.252 e. The Morgan fingerprint density at radius 1 is 0.237 bits per heavy atom. The number of hydrogen-bond acceptors (Lipinski definition) is 2. The van der Waals surface area contributed by atoms with E-state index >= 15 is 0 Å². The lowest BCUT2D eigenvalue weighted by Crippen LogP contribution is -2.61. The normalized spacial score (nSPS) is 12.6. The van der Waals surface area contributed by atoms with E-state index in [2.05, 4.69) is 354 Å². The Labute approximate surface area is 554 Å². The number of hydrogen-bond donors (Lipinski definition) is 0. The molecular weight excluding hydrogens is 1120 g/mol. The van der Waals surface area contributed by atoms with E-state index in [4.69, 9.17) is 0 Å². The zero-order valence-electron chi connectivity index (χ0n) is 56.3. The van der Waals surface area contributed by atoms with E-state index < -0.39 is 0 Å². The standard InChI is InChI=1S/C90H85BN2/c1-56(2)72-39-26-40-73(57(3)4)86(72)67-37-25-38-71(49-67)92-83-53-68(87-74(58(5)6)41-27-42-75(87)59(7)8)45-47-80(83)91-81-52-66(62-29-17-13-18-30-62)46-48-82(81)93(85-55-70(54-84(92)89(85)91)88-76(60(9)10)43-28-44-77(88)61(11)12)90-78(64-33-21-15-22-34-64)50-69(63-31-19-14-20-32-63)51-79(90)65-35-23-16-24-36-65/h13-61H,1-12H3. The summed E-state index contributed by atoms with van der Waals surface area (Å²) in [5, 5.41) is 0. The van der Waals surface area contributed by atoms with E-state index in [9.17, 15) is 0 Å². The van der Waals surface area contributed by atoms with Gasteiger partial charge in [0.05, 0.1) is 5.69 Å². The number of rotatable bonds is 15. The van der Waals surface area contributed by atoms with Gasteiger partial charge >= 0.3 is 0 Å². The van der Waals surface area contributed by atoms with Crippen molar-refractivity contribution in [3.8, 4) is 77.9 Å². The van der Waals surface area contributed by atoms with Gasteiger partial charge in [-0.05, 0) is 201 Å². The lowest BCUT2D eigenvalue weighted by Gasteiger charge is -2.45. The number of anilines is 6. The van der Waals surface area contributed by atoms with Gasteiger partial charge < -0.3 is 9.80 Å². The first-order valence-electron chi connectivity index (χ1n) is 34.1. The molecule has 0 N–H and O–H groups in total. The van der Waals surface area contributed by atoms with Crippen molar-refractivity contribution in [3.05, 3.63) is 294 Å². The van der Waals surface area contributed by atoms with Gasteiger partial charge in [-0.1, -0.05) is 295 Å². The second-order valence-corrected chi connectivity index (χ2v) is 27.9. The largest absolute Gasteiger partial charge is 0.311 e. The van der Waals surface area contributed by atoms with Crippen molar-refractivity contribution in [2.24, 2.45) is 0 Å². The first-order valence-corrected chi connectivity index (χ1v) is 34.1. The average Bonchev–Trinajstić information content (AvgIpc) is 0.692. The quantitative estimate of drug-likeness (QED) is 0.0944. The van der Waals surface area contributed by atoms with E-state index in [1.165, 1.54) is 128 Å². The highest BCUT2D eigenvalue weighted by Crippen LogP contribution is 2.54. The Hall–Kier alpha value is -9.70. The molecular formula is C90H85BN2. The Balaban J connectivity index is 1.19. The van der Waals surface area contributed by atoms with Crippen LogP contribution in [0.25, 0.3) is 77.9 Å². The van der Waals surface area contributed by atoms with Gasteiger partial charge in [-0.3, -0.25) is 0 Å². The lowest BCUT2D eigenvalue weighted by molar-refractivity contribution is 0.838. The Morgan fingerprint density at radius 3 is 1.05 bits per heavy atom. The van der Waals surface area contributed by atoms with Crippen LogP contribution in [-0.4, -0.2) is 6.71 Å². The van der Waals surface area contributed by atoms with Gasteiger partial charge in [0, 0.05) is 39.6 Å². The van der Waals surface area contributed by atoms with Crippen molar-refractivity contribution in [2.75, 3.05) is 9.80 Å². The minimum Gasteiger partial charge on any atom is -0.311 e. The van der Waals surface area contributed by atoms with Crippen LogP contribution in [0.4, 0.5) is 34.1 Å². The van der Waals surface area contributed by atoms with Crippen molar-refractivity contribution < 1.29 is 0 Å². The van der Waals surface area contributed by atoms with Crippen molar-refractivity contribution in [1.29, 1.82) is 0 Å². The molecule has 0 spiro atoms. The fraction of sp³-hybridized carbons (Fsp3) is 0.200. The molecule has 0 unspecified atom stereocenters. The number of benzene rings is 12. The molecule has 2 aliphatic heterocycles. The van der Waals surface area contributed by atoms with E-state index in [0.29, 0.717) is 23.7 Å². The van der Waals surface area contributed by atoms with Crippen LogP contribution < -0.4 is 26.2 Å². The zero-order valence-corrected chi connectivity index (χ0v) is 56.3. The third-order valence-corrected chi connectivity index (χ3v) is 19.9. The fourth-order valence-corrected chi connectivity index (χ4v) is 15.4. The van der Waals surface area contributed by atoms with Crippen LogP contribution in [-0.2, 0) is 0 Å². The van der Waals surface area contributed by atoms with Crippen LogP contribution in [0.2, 0.25) is 0 Å². The smallest absolute Gasteiger partial charge is 0.252 e. The molecule has 0 fully saturated rings. The summed E-state index contributed by atoms with van der Waals surface area (Å²) in [5.41, 5.74) is 36.2. The number of nitrogens with zero attached hydrogens (tertiary/aromatic N) is 2. The molecule has 93 heavy (non-hydrogen) atoms. The summed E-state index contributed by atoms with van der Waals surface area (Å²) in [5.74, 6) is 1.80. The minimum absolute atomic E-state index is 0.171. The van der Waals surface area contributed by atoms with Gasteiger partial charge in [0.1, 0.15) is 0 Å². The monoisotopic (exact) mass is 1200 g/mol. The molecule has 12 aromatic carbocycles. The highest BCUT2D eigenvalue weighted by atomic mass is 15.2. The van der Waals surface area contributed by atoms with Crippen LogP contribution >= 0.6 is 0 Å². The van der Waals surface area contributed by atoms with Gasteiger partial charge in [-0.15, -0.1) is 0 Å². The molecule has 0 atom stereocenters. The molecule has 2 nitrogen and oxygen atoms in total. The zero-order chi connectivity index (χ0) is 64.3. The van der Waals surface area contributed by atoms with Crippen molar-refractivity contribution in [2.45, 2.75) is 119 Å². The third-order valence-electron chi connectivity index (χ3n) is 19.9. The molecule has 0 bridgehead atoms. The van der Waals surface area contributed by atoms with Crippen LogP contribution in [0, 0.1) is 0 Å². The molecule has 12 aromatic rings. The van der Waals surface area contributed by atoms with E-state index in [1.54, 1.807) is 0 Å². The van der Waals surface area contributed by atoms with Gasteiger partial charge in [0.25, 0.3) is 6.71 Å². The van der Waals surface area contributed by atoms with Crippen molar-refractivity contribution >= 4 is 57.2 Å². The highest BCUT2D eigenvalue weighted by Gasteiger charge is 2.45. The van der Waals surface area contributed by atoms with E-state index in [1.807, 2.05) is 0 Å². The Morgan fingerprint density at radius 2 is 0.602 bits per heavy atom. The molecule has 0 amide bonds. The molecule has 2 heterocycles. The van der Waals surface area contributed by atoms with Gasteiger partial charge in [-0.2, -0.15) is 0 Å². The molecule has 14 rings (SSSR count).